The fourth-order valence-corrected chi connectivity index (χ4v) is 2.76. The molecule has 6 nitrogen and oxygen atoms in total. The monoisotopic (exact) mass is 279 g/mol. The molecule has 1 amide bonds. The van der Waals surface area contributed by atoms with Crippen molar-refractivity contribution in [1.82, 2.24) is 14.7 Å². The van der Waals surface area contributed by atoms with Gasteiger partial charge in [0.05, 0.1) is 5.60 Å². The molecule has 3 rings (SSSR count). The normalized spacial score (nSPS) is 17.1. The Hall–Kier alpha value is -1.73. The van der Waals surface area contributed by atoms with Crippen molar-refractivity contribution in [1.29, 1.82) is 0 Å². The molecule has 0 atom stereocenters. The second-order valence-corrected chi connectivity index (χ2v) is 5.67. The van der Waals surface area contributed by atoms with Gasteiger partial charge in [0.25, 0.3) is 11.5 Å². The van der Waals surface area contributed by atoms with Crippen molar-refractivity contribution in [2.45, 2.75) is 24.9 Å². The van der Waals surface area contributed by atoms with Crippen LogP contribution in [-0.4, -0.2) is 32.5 Å². The lowest BCUT2D eigenvalue weighted by Gasteiger charge is -2.36. The van der Waals surface area contributed by atoms with Crippen LogP contribution in [0.25, 0.3) is 4.96 Å². The molecular formula is C12H13N3O3S. The topological polar surface area (TPSA) is 83.7 Å². The molecule has 0 aliphatic heterocycles. The van der Waals surface area contributed by atoms with E-state index in [1.54, 1.807) is 11.6 Å². The number of carbonyl (C=O) groups is 1. The van der Waals surface area contributed by atoms with Crippen LogP contribution in [0.2, 0.25) is 0 Å². The molecule has 7 heteroatoms. The molecule has 1 saturated carbocycles. The second-order valence-electron chi connectivity index (χ2n) is 4.79. The van der Waals surface area contributed by atoms with Gasteiger partial charge in [-0.15, -0.1) is 11.3 Å². The molecule has 2 aromatic rings. The van der Waals surface area contributed by atoms with Gasteiger partial charge in [-0.2, -0.15) is 0 Å². The Balaban J connectivity index is 1.81. The molecular weight excluding hydrogens is 266 g/mol. The summed E-state index contributed by atoms with van der Waals surface area (Å²) in [6.45, 7) is 0.178. The summed E-state index contributed by atoms with van der Waals surface area (Å²) in [5, 5.41) is 14.2. The zero-order valence-electron chi connectivity index (χ0n) is 10.1. The third kappa shape index (κ3) is 2.15. The number of nitrogens with one attached hydrogen (secondary N) is 1. The summed E-state index contributed by atoms with van der Waals surface area (Å²) in [4.78, 5) is 28.6. The highest BCUT2D eigenvalue weighted by atomic mass is 32.1. The third-order valence-electron chi connectivity index (χ3n) is 3.45. The van der Waals surface area contributed by atoms with Crippen molar-refractivity contribution in [3.8, 4) is 0 Å². The Kier molecular flexibility index (Phi) is 2.87. The lowest BCUT2D eigenvalue weighted by Crippen LogP contribution is -2.48. The number of hydrogen-bond donors (Lipinski definition) is 2. The van der Waals surface area contributed by atoms with Gasteiger partial charge in [-0.05, 0) is 19.3 Å². The van der Waals surface area contributed by atoms with Crippen LogP contribution >= 0.6 is 11.3 Å². The molecule has 0 spiro atoms. The second kappa shape index (κ2) is 4.43. The van der Waals surface area contributed by atoms with E-state index in [-0.39, 0.29) is 17.7 Å². The van der Waals surface area contributed by atoms with Gasteiger partial charge >= 0.3 is 0 Å². The molecule has 2 N–H and O–H groups in total. The van der Waals surface area contributed by atoms with Crippen LogP contribution in [0.1, 0.15) is 29.6 Å². The molecule has 0 unspecified atom stereocenters. The van der Waals surface area contributed by atoms with Crippen LogP contribution in [0.15, 0.2) is 22.6 Å². The lowest BCUT2D eigenvalue weighted by molar-refractivity contribution is -0.0300. The van der Waals surface area contributed by atoms with Crippen molar-refractivity contribution in [2.24, 2.45) is 0 Å². The molecule has 0 radical (unpaired) electrons. The van der Waals surface area contributed by atoms with Crippen LogP contribution in [0.4, 0.5) is 0 Å². The first-order valence-corrected chi connectivity index (χ1v) is 6.92. The van der Waals surface area contributed by atoms with Crippen molar-refractivity contribution in [3.63, 3.8) is 0 Å². The number of nitrogens with zero attached hydrogens (tertiary/aromatic N) is 2. The lowest BCUT2D eigenvalue weighted by atomic mass is 9.80. The van der Waals surface area contributed by atoms with E-state index in [9.17, 15) is 14.7 Å². The summed E-state index contributed by atoms with van der Waals surface area (Å²) in [7, 11) is 0. The molecule has 0 aromatic carbocycles. The van der Waals surface area contributed by atoms with E-state index >= 15 is 0 Å². The first-order chi connectivity index (χ1) is 9.09. The zero-order chi connectivity index (χ0) is 13.5. The molecule has 0 bridgehead atoms. The fourth-order valence-electron chi connectivity index (χ4n) is 2.08. The predicted molar refractivity (Wildman–Crippen MR) is 70.5 cm³/mol. The third-order valence-corrected chi connectivity index (χ3v) is 4.22. The quantitative estimate of drug-likeness (QED) is 0.852. The minimum atomic E-state index is -0.800. The Morgan fingerprint density at radius 3 is 3.05 bits per heavy atom. The molecule has 2 aromatic heterocycles. The Morgan fingerprint density at radius 2 is 2.37 bits per heavy atom. The highest BCUT2D eigenvalue weighted by molar-refractivity contribution is 7.15. The highest BCUT2D eigenvalue weighted by Gasteiger charge is 2.34. The number of fused-ring (bicyclic) bond motifs is 1. The SMILES string of the molecule is O=C(NCC1(O)CCC1)c1cnc2sccn2c1=O. The molecule has 1 aliphatic carbocycles. The van der Waals surface area contributed by atoms with Gasteiger partial charge in [0.1, 0.15) is 5.56 Å². The summed E-state index contributed by atoms with van der Waals surface area (Å²) in [6, 6.07) is 0. The maximum Gasteiger partial charge on any atom is 0.271 e. The number of hydrogen-bond acceptors (Lipinski definition) is 5. The number of aliphatic hydroxyl groups is 1. The molecule has 1 aliphatic rings. The molecule has 0 saturated heterocycles. The van der Waals surface area contributed by atoms with E-state index in [0.717, 1.165) is 6.42 Å². The van der Waals surface area contributed by atoms with E-state index in [1.807, 2.05) is 0 Å². The Labute approximate surface area is 112 Å². The van der Waals surface area contributed by atoms with E-state index in [2.05, 4.69) is 10.3 Å². The first-order valence-electron chi connectivity index (χ1n) is 6.05. The predicted octanol–water partition coefficient (Wildman–Crippen LogP) is 0.401. The summed E-state index contributed by atoms with van der Waals surface area (Å²) < 4.78 is 1.34. The molecule has 2 heterocycles. The van der Waals surface area contributed by atoms with Crippen LogP contribution in [0, 0.1) is 0 Å². The summed E-state index contributed by atoms with van der Waals surface area (Å²) >= 11 is 1.33. The number of thiazole rings is 1. The van der Waals surface area contributed by atoms with Crippen LogP contribution in [0.3, 0.4) is 0 Å². The largest absolute Gasteiger partial charge is 0.388 e. The van der Waals surface area contributed by atoms with Gasteiger partial charge in [0.2, 0.25) is 0 Å². The van der Waals surface area contributed by atoms with Crippen molar-refractivity contribution in [3.05, 3.63) is 33.7 Å². The maximum absolute atomic E-state index is 12.0. The molecule has 1 fully saturated rings. The van der Waals surface area contributed by atoms with E-state index in [1.165, 1.54) is 21.9 Å². The minimum Gasteiger partial charge on any atom is -0.388 e. The minimum absolute atomic E-state index is 0.00109. The molecule has 19 heavy (non-hydrogen) atoms. The summed E-state index contributed by atoms with van der Waals surface area (Å²) in [6.07, 6.45) is 5.22. The van der Waals surface area contributed by atoms with Crippen molar-refractivity contribution >= 4 is 22.2 Å². The van der Waals surface area contributed by atoms with Gasteiger partial charge in [-0.1, -0.05) is 0 Å². The van der Waals surface area contributed by atoms with Crippen LogP contribution in [-0.2, 0) is 0 Å². The average Bonchev–Trinajstić information content (AvgIpc) is 2.83. The maximum atomic E-state index is 12.0. The van der Waals surface area contributed by atoms with Gasteiger partial charge in [-0.3, -0.25) is 14.0 Å². The van der Waals surface area contributed by atoms with Gasteiger partial charge in [0.15, 0.2) is 4.96 Å². The Morgan fingerprint density at radius 1 is 1.58 bits per heavy atom. The van der Waals surface area contributed by atoms with E-state index in [4.69, 9.17) is 0 Å². The standard InChI is InChI=1S/C12H13N3O3S/c16-9(14-7-12(18)2-1-3-12)8-6-13-11-15(10(8)17)4-5-19-11/h4-6,18H,1-3,7H2,(H,14,16). The first kappa shape index (κ1) is 12.3. The fraction of sp³-hybridized carbons (Fsp3) is 0.417. The highest BCUT2D eigenvalue weighted by Crippen LogP contribution is 2.30. The number of amides is 1. The smallest absolute Gasteiger partial charge is 0.271 e. The number of carbonyl (C=O) groups excluding carboxylic acids is 1. The number of rotatable bonds is 3. The Bertz CT molecular complexity index is 687. The van der Waals surface area contributed by atoms with E-state index in [0.29, 0.717) is 17.8 Å². The van der Waals surface area contributed by atoms with E-state index < -0.39 is 11.5 Å². The molecule has 100 valence electrons. The number of aromatic nitrogens is 2. The van der Waals surface area contributed by atoms with Gasteiger partial charge in [-0.25, -0.2) is 4.98 Å². The average molecular weight is 279 g/mol. The van der Waals surface area contributed by atoms with Crippen LogP contribution < -0.4 is 10.9 Å². The van der Waals surface area contributed by atoms with Crippen molar-refractivity contribution < 1.29 is 9.90 Å². The summed E-state index contributed by atoms with van der Waals surface area (Å²) in [5.74, 6) is -0.488. The van der Waals surface area contributed by atoms with Crippen molar-refractivity contribution in [2.75, 3.05) is 6.54 Å². The van der Waals surface area contributed by atoms with Gasteiger partial charge in [0, 0.05) is 24.3 Å². The summed E-state index contributed by atoms with van der Waals surface area (Å²) in [5.41, 5.74) is -1.19. The van der Waals surface area contributed by atoms with Gasteiger partial charge < -0.3 is 10.4 Å². The zero-order valence-corrected chi connectivity index (χ0v) is 10.9. The van der Waals surface area contributed by atoms with Crippen LogP contribution in [0.5, 0.6) is 0 Å².